The van der Waals surface area contributed by atoms with Gasteiger partial charge in [-0.1, -0.05) is 18.2 Å². The van der Waals surface area contributed by atoms with Crippen LogP contribution in [0.4, 0.5) is 13.2 Å². The third-order valence-corrected chi connectivity index (χ3v) is 2.32. The predicted molar refractivity (Wildman–Crippen MR) is 57.9 cm³/mol. The van der Waals surface area contributed by atoms with E-state index in [4.69, 9.17) is 0 Å². The number of nitrogens with zero attached hydrogens (tertiary/aromatic N) is 1. The minimum Gasteiger partial charge on any atom is -0.287 e. The summed E-state index contributed by atoms with van der Waals surface area (Å²) < 4.78 is 37.0. The van der Waals surface area contributed by atoms with Crippen molar-refractivity contribution in [3.05, 3.63) is 65.5 Å². The second-order valence-corrected chi connectivity index (χ2v) is 3.56. The maximum absolute atomic E-state index is 12.3. The first-order valence-electron chi connectivity index (χ1n) is 5.03. The lowest BCUT2D eigenvalue weighted by molar-refractivity contribution is -0.137. The Morgan fingerprint density at radius 3 is 2.28 bits per heavy atom. The summed E-state index contributed by atoms with van der Waals surface area (Å²) in [5, 5.41) is 0. The van der Waals surface area contributed by atoms with Gasteiger partial charge >= 0.3 is 6.18 Å². The van der Waals surface area contributed by atoms with Gasteiger partial charge in [0.05, 0.1) is 11.8 Å². The molecule has 18 heavy (non-hydrogen) atoms. The topological polar surface area (TPSA) is 30.0 Å². The summed E-state index contributed by atoms with van der Waals surface area (Å²) in [7, 11) is 0. The molecule has 0 bridgehead atoms. The van der Waals surface area contributed by atoms with Crippen molar-refractivity contribution in [2.75, 3.05) is 0 Å². The molecule has 1 radical (unpaired) electrons. The van der Waals surface area contributed by atoms with Crippen molar-refractivity contribution in [1.82, 2.24) is 4.98 Å². The van der Waals surface area contributed by atoms with E-state index in [9.17, 15) is 18.0 Å². The molecular formula is C13H7F3NO. The molecule has 2 aromatic rings. The Morgan fingerprint density at radius 2 is 1.78 bits per heavy atom. The second kappa shape index (κ2) is 4.60. The van der Waals surface area contributed by atoms with E-state index in [1.165, 1.54) is 12.1 Å². The third-order valence-electron chi connectivity index (χ3n) is 2.32. The van der Waals surface area contributed by atoms with Crippen molar-refractivity contribution in [3.8, 4) is 0 Å². The lowest BCUT2D eigenvalue weighted by Gasteiger charge is -2.06. The summed E-state index contributed by atoms with van der Waals surface area (Å²) in [4.78, 5) is 15.6. The molecule has 91 valence electrons. The Hall–Kier alpha value is -2.17. The minimum atomic E-state index is -4.40. The van der Waals surface area contributed by atoms with Crippen LogP contribution in [0, 0.1) is 6.20 Å². The van der Waals surface area contributed by atoms with Crippen LogP contribution in [0.2, 0.25) is 0 Å². The SMILES string of the molecule is O=C(c1ccc(C(F)(F)F)cc1)c1ccc[c]n1. The zero-order valence-electron chi connectivity index (χ0n) is 9.03. The average molecular weight is 250 g/mol. The summed E-state index contributed by atoms with van der Waals surface area (Å²) >= 11 is 0. The number of aromatic nitrogens is 1. The van der Waals surface area contributed by atoms with Crippen molar-refractivity contribution < 1.29 is 18.0 Å². The van der Waals surface area contributed by atoms with Gasteiger partial charge in [-0.05, 0) is 24.3 Å². The molecule has 0 amide bonds. The van der Waals surface area contributed by atoms with Gasteiger partial charge in [0, 0.05) is 5.56 Å². The van der Waals surface area contributed by atoms with Crippen molar-refractivity contribution in [1.29, 1.82) is 0 Å². The lowest BCUT2D eigenvalue weighted by Crippen LogP contribution is -2.07. The highest BCUT2D eigenvalue weighted by molar-refractivity contribution is 6.07. The van der Waals surface area contributed by atoms with Crippen molar-refractivity contribution >= 4 is 5.78 Å². The first-order chi connectivity index (χ1) is 8.48. The maximum Gasteiger partial charge on any atom is 0.416 e. The Labute approximate surface area is 101 Å². The maximum atomic E-state index is 12.3. The number of rotatable bonds is 2. The standard InChI is InChI=1S/C13H7F3NO/c14-13(15,16)10-6-4-9(5-7-10)12(18)11-3-1-2-8-17-11/h1-7H. The molecule has 0 aliphatic carbocycles. The Kier molecular flexibility index (Phi) is 3.14. The van der Waals surface area contributed by atoms with Crippen LogP contribution in [-0.4, -0.2) is 10.8 Å². The largest absolute Gasteiger partial charge is 0.416 e. The van der Waals surface area contributed by atoms with E-state index >= 15 is 0 Å². The van der Waals surface area contributed by atoms with Gasteiger partial charge in [0.1, 0.15) is 5.69 Å². The highest BCUT2D eigenvalue weighted by Gasteiger charge is 2.30. The Balaban J connectivity index is 2.28. The number of carbonyl (C=O) groups excluding carboxylic acids is 1. The molecule has 1 aromatic carbocycles. The Bertz CT molecular complexity index is 547. The second-order valence-electron chi connectivity index (χ2n) is 3.56. The van der Waals surface area contributed by atoms with Crippen LogP contribution < -0.4 is 0 Å². The van der Waals surface area contributed by atoms with E-state index in [1.54, 1.807) is 6.07 Å². The number of carbonyl (C=O) groups is 1. The molecule has 2 rings (SSSR count). The molecule has 2 nitrogen and oxygen atoms in total. The summed E-state index contributed by atoms with van der Waals surface area (Å²) in [5.74, 6) is -0.430. The molecule has 0 aliphatic heterocycles. The van der Waals surface area contributed by atoms with Crippen molar-refractivity contribution in [2.45, 2.75) is 6.18 Å². The van der Waals surface area contributed by atoms with Gasteiger partial charge in [0.15, 0.2) is 0 Å². The molecule has 0 saturated heterocycles. The normalized spacial score (nSPS) is 11.3. The summed E-state index contributed by atoms with van der Waals surface area (Å²) in [6.07, 6.45) is -1.91. The van der Waals surface area contributed by atoms with Crippen LogP contribution >= 0.6 is 0 Å². The first kappa shape index (κ1) is 12.3. The number of halogens is 3. The fourth-order valence-corrected chi connectivity index (χ4v) is 1.41. The van der Waals surface area contributed by atoms with Crippen LogP contribution in [0.15, 0.2) is 42.5 Å². The van der Waals surface area contributed by atoms with Crippen LogP contribution in [0.5, 0.6) is 0 Å². The zero-order valence-corrected chi connectivity index (χ0v) is 9.03. The molecule has 0 saturated carbocycles. The minimum absolute atomic E-state index is 0.150. The number of benzene rings is 1. The molecule has 0 N–H and O–H groups in total. The smallest absolute Gasteiger partial charge is 0.287 e. The molecule has 0 spiro atoms. The molecule has 0 atom stereocenters. The average Bonchev–Trinajstić information content (AvgIpc) is 2.38. The van der Waals surface area contributed by atoms with Gasteiger partial charge in [0.2, 0.25) is 5.78 Å². The fourth-order valence-electron chi connectivity index (χ4n) is 1.41. The van der Waals surface area contributed by atoms with Crippen LogP contribution in [-0.2, 0) is 6.18 Å². The van der Waals surface area contributed by atoms with E-state index in [-0.39, 0.29) is 11.3 Å². The summed E-state index contributed by atoms with van der Waals surface area (Å²) in [6, 6.07) is 8.63. The zero-order chi connectivity index (χ0) is 13.2. The van der Waals surface area contributed by atoms with Crippen LogP contribution in [0.3, 0.4) is 0 Å². The number of ketones is 1. The van der Waals surface area contributed by atoms with Crippen molar-refractivity contribution in [2.24, 2.45) is 0 Å². The molecular weight excluding hydrogens is 243 g/mol. The summed E-state index contributed by atoms with van der Waals surface area (Å²) in [6.45, 7) is 0. The van der Waals surface area contributed by atoms with E-state index in [0.29, 0.717) is 0 Å². The molecule has 0 fully saturated rings. The Morgan fingerprint density at radius 1 is 1.11 bits per heavy atom. The number of alkyl halides is 3. The fraction of sp³-hybridized carbons (Fsp3) is 0.0769. The number of hydrogen-bond acceptors (Lipinski definition) is 2. The van der Waals surface area contributed by atoms with Crippen molar-refractivity contribution in [3.63, 3.8) is 0 Å². The van der Waals surface area contributed by atoms with E-state index < -0.39 is 17.5 Å². The third kappa shape index (κ3) is 2.56. The number of pyridine rings is 1. The first-order valence-corrected chi connectivity index (χ1v) is 5.03. The summed E-state index contributed by atoms with van der Waals surface area (Å²) in [5.41, 5.74) is -0.473. The monoisotopic (exact) mass is 250 g/mol. The lowest BCUT2D eigenvalue weighted by atomic mass is 10.1. The molecule has 1 aromatic heterocycles. The molecule has 5 heteroatoms. The van der Waals surface area contributed by atoms with E-state index in [0.717, 1.165) is 24.3 Å². The van der Waals surface area contributed by atoms with E-state index in [1.807, 2.05) is 0 Å². The highest BCUT2D eigenvalue weighted by Crippen LogP contribution is 2.29. The van der Waals surface area contributed by atoms with Gasteiger partial charge in [-0.25, -0.2) is 4.98 Å². The molecule has 0 aliphatic rings. The van der Waals surface area contributed by atoms with Crippen LogP contribution in [0.25, 0.3) is 0 Å². The van der Waals surface area contributed by atoms with Gasteiger partial charge in [-0.15, -0.1) is 0 Å². The van der Waals surface area contributed by atoms with Gasteiger partial charge in [-0.2, -0.15) is 13.2 Å². The van der Waals surface area contributed by atoms with Gasteiger partial charge < -0.3 is 0 Å². The van der Waals surface area contributed by atoms with Gasteiger partial charge in [-0.3, -0.25) is 4.79 Å². The van der Waals surface area contributed by atoms with Crippen LogP contribution in [0.1, 0.15) is 21.6 Å². The molecule has 1 heterocycles. The predicted octanol–water partition coefficient (Wildman–Crippen LogP) is 3.13. The molecule has 0 unspecified atom stereocenters. The highest BCUT2D eigenvalue weighted by atomic mass is 19.4. The quantitative estimate of drug-likeness (QED) is 0.766. The van der Waals surface area contributed by atoms with Gasteiger partial charge in [0.25, 0.3) is 0 Å². The number of hydrogen-bond donors (Lipinski definition) is 0. The van der Waals surface area contributed by atoms with E-state index in [2.05, 4.69) is 11.2 Å².